The highest BCUT2D eigenvalue weighted by atomic mass is 16.5. The summed E-state index contributed by atoms with van der Waals surface area (Å²) in [5.41, 5.74) is 4.43. The Morgan fingerprint density at radius 1 is 1.33 bits per heavy atom. The van der Waals surface area contributed by atoms with E-state index >= 15 is 0 Å². The lowest BCUT2D eigenvalue weighted by Gasteiger charge is -2.25. The van der Waals surface area contributed by atoms with Gasteiger partial charge in [0.15, 0.2) is 11.5 Å². The number of carbonyl (C=O) groups is 1. The number of primary amides is 1. The Morgan fingerprint density at radius 3 is 2.33 bits per heavy atom. The molecule has 0 aliphatic carbocycles. The number of nitrogens with two attached hydrogens (primary N) is 1. The lowest BCUT2D eigenvalue weighted by molar-refractivity contribution is -0.124. The Kier molecular flexibility index (Phi) is 4.97. The molecule has 0 heterocycles. The van der Waals surface area contributed by atoms with Crippen molar-refractivity contribution < 1.29 is 14.3 Å². The molecule has 0 spiro atoms. The number of ether oxygens (including phenoxy) is 2. The minimum Gasteiger partial charge on any atom is -0.490 e. The monoisotopic (exact) mass is 252 g/mol. The first-order chi connectivity index (χ1) is 8.53. The van der Waals surface area contributed by atoms with Crippen LogP contribution in [-0.4, -0.2) is 31.7 Å². The number of hydrogen-bond donors (Lipinski definition) is 2. The molecule has 1 aromatic carbocycles. The number of hydrogen-bond acceptors (Lipinski definition) is 4. The number of rotatable bonds is 7. The number of amides is 1. The second-order valence-corrected chi connectivity index (χ2v) is 4.11. The van der Waals surface area contributed by atoms with Gasteiger partial charge < -0.3 is 20.5 Å². The van der Waals surface area contributed by atoms with Gasteiger partial charge in [0.1, 0.15) is 12.1 Å². The fraction of sp³-hybridized carbons (Fsp3) is 0.462. The SMILES string of the molecule is CCOc1ccccc1OCC(C)(NC)C(N)=O. The van der Waals surface area contributed by atoms with Crippen molar-refractivity contribution in [2.45, 2.75) is 19.4 Å². The summed E-state index contributed by atoms with van der Waals surface area (Å²) >= 11 is 0. The number of likely N-dealkylation sites (N-methyl/N-ethyl adjacent to an activating group) is 1. The zero-order chi connectivity index (χ0) is 13.6. The van der Waals surface area contributed by atoms with Gasteiger partial charge in [0.05, 0.1) is 6.61 Å². The second kappa shape index (κ2) is 6.26. The van der Waals surface area contributed by atoms with E-state index in [9.17, 15) is 4.79 Å². The van der Waals surface area contributed by atoms with E-state index < -0.39 is 11.4 Å². The quantitative estimate of drug-likeness (QED) is 0.757. The molecule has 0 radical (unpaired) electrons. The summed E-state index contributed by atoms with van der Waals surface area (Å²) in [5, 5.41) is 2.86. The van der Waals surface area contributed by atoms with Gasteiger partial charge in [-0.1, -0.05) is 12.1 Å². The molecule has 0 saturated carbocycles. The highest BCUT2D eigenvalue weighted by molar-refractivity contribution is 5.84. The van der Waals surface area contributed by atoms with Crippen LogP contribution in [0.5, 0.6) is 11.5 Å². The highest BCUT2D eigenvalue weighted by Crippen LogP contribution is 2.27. The lowest BCUT2D eigenvalue weighted by atomic mass is 10.0. The Bertz CT molecular complexity index is 409. The maximum Gasteiger partial charge on any atom is 0.240 e. The number of para-hydroxylation sites is 2. The first kappa shape index (κ1) is 14.3. The Labute approximate surface area is 107 Å². The van der Waals surface area contributed by atoms with E-state index in [1.165, 1.54) is 0 Å². The van der Waals surface area contributed by atoms with Crippen molar-refractivity contribution in [3.8, 4) is 11.5 Å². The fourth-order valence-electron chi connectivity index (χ4n) is 1.33. The molecule has 1 amide bonds. The molecule has 0 bridgehead atoms. The maximum absolute atomic E-state index is 11.3. The molecule has 0 aromatic heterocycles. The molecule has 1 rings (SSSR count). The zero-order valence-electron chi connectivity index (χ0n) is 11.0. The third kappa shape index (κ3) is 3.37. The molecular formula is C13H20N2O3. The molecule has 1 unspecified atom stereocenters. The van der Waals surface area contributed by atoms with Crippen LogP contribution in [0.15, 0.2) is 24.3 Å². The van der Waals surface area contributed by atoms with E-state index in [1.807, 2.05) is 25.1 Å². The number of benzene rings is 1. The molecule has 18 heavy (non-hydrogen) atoms. The van der Waals surface area contributed by atoms with Crippen LogP contribution in [-0.2, 0) is 4.79 Å². The highest BCUT2D eigenvalue weighted by Gasteiger charge is 2.30. The van der Waals surface area contributed by atoms with E-state index in [-0.39, 0.29) is 6.61 Å². The topological polar surface area (TPSA) is 73.6 Å². The van der Waals surface area contributed by atoms with Gasteiger partial charge in [0.25, 0.3) is 0 Å². The zero-order valence-corrected chi connectivity index (χ0v) is 11.0. The molecule has 5 heteroatoms. The maximum atomic E-state index is 11.3. The minimum absolute atomic E-state index is 0.142. The van der Waals surface area contributed by atoms with E-state index in [0.717, 1.165) is 0 Å². The summed E-state index contributed by atoms with van der Waals surface area (Å²) in [6.45, 7) is 4.29. The third-order valence-electron chi connectivity index (χ3n) is 2.76. The van der Waals surface area contributed by atoms with Crippen molar-refractivity contribution in [2.24, 2.45) is 5.73 Å². The fourth-order valence-corrected chi connectivity index (χ4v) is 1.33. The molecule has 3 N–H and O–H groups in total. The van der Waals surface area contributed by atoms with E-state index in [0.29, 0.717) is 18.1 Å². The molecule has 5 nitrogen and oxygen atoms in total. The summed E-state index contributed by atoms with van der Waals surface area (Å²) in [6, 6.07) is 7.32. The Hall–Kier alpha value is -1.75. The van der Waals surface area contributed by atoms with Crippen molar-refractivity contribution >= 4 is 5.91 Å². The molecule has 0 aliphatic rings. The molecular weight excluding hydrogens is 232 g/mol. The van der Waals surface area contributed by atoms with Crippen LogP contribution < -0.4 is 20.5 Å². The molecule has 100 valence electrons. The van der Waals surface area contributed by atoms with Crippen molar-refractivity contribution in [1.29, 1.82) is 0 Å². The van der Waals surface area contributed by atoms with Gasteiger partial charge in [0.2, 0.25) is 5.91 Å². The molecule has 1 aromatic rings. The van der Waals surface area contributed by atoms with Crippen LogP contribution in [0.2, 0.25) is 0 Å². The summed E-state index contributed by atoms with van der Waals surface area (Å²) in [5.74, 6) is 0.795. The average molecular weight is 252 g/mol. The standard InChI is InChI=1S/C13H20N2O3/c1-4-17-10-7-5-6-8-11(10)18-9-13(2,15-3)12(14)16/h5-8,15H,4,9H2,1-3H3,(H2,14,16). The van der Waals surface area contributed by atoms with Crippen LogP contribution in [0, 0.1) is 0 Å². The predicted octanol–water partition coefficient (Wildman–Crippen LogP) is 0.927. The van der Waals surface area contributed by atoms with Crippen LogP contribution in [0.1, 0.15) is 13.8 Å². The van der Waals surface area contributed by atoms with Gasteiger partial charge in [-0.2, -0.15) is 0 Å². The van der Waals surface area contributed by atoms with Gasteiger partial charge >= 0.3 is 0 Å². The number of nitrogens with one attached hydrogen (secondary N) is 1. The summed E-state index contributed by atoms with van der Waals surface area (Å²) in [6.07, 6.45) is 0. The average Bonchev–Trinajstić information content (AvgIpc) is 2.37. The van der Waals surface area contributed by atoms with Crippen LogP contribution in [0.3, 0.4) is 0 Å². The molecule has 1 atom stereocenters. The molecule has 0 fully saturated rings. The Morgan fingerprint density at radius 2 is 1.89 bits per heavy atom. The van der Waals surface area contributed by atoms with E-state index in [1.54, 1.807) is 20.0 Å². The molecule has 0 aliphatic heterocycles. The van der Waals surface area contributed by atoms with Gasteiger partial charge in [-0.05, 0) is 33.0 Å². The predicted molar refractivity (Wildman–Crippen MR) is 69.8 cm³/mol. The van der Waals surface area contributed by atoms with Crippen molar-refractivity contribution in [3.63, 3.8) is 0 Å². The van der Waals surface area contributed by atoms with Crippen molar-refractivity contribution in [3.05, 3.63) is 24.3 Å². The normalized spacial score (nSPS) is 13.7. The largest absolute Gasteiger partial charge is 0.490 e. The summed E-state index contributed by atoms with van der Waals surface area (Å²) in [4.78, 5) is 11.3. The van der Waals surface area contributed by atoms with Gasteiger partial charge in [-0.25, -0.2) is 0 Å². The summed E-state index contributed by atoms with van der Waals surface area (Å²) in [7, 11) is 1.67. The second-order valence-electron chi connectivity index (χ2n) is 4.11. The molecule has 0 saturated heterocycles. The smallest absolute Gasteiger partial charge is 0.240 e. The van der Waals surface area contributed by atoms with Crippen LogP contribution in [0.4, 0.5) is 0 Å². The minimum atomic E-state index is -0.903. The van der Waals surface area contributed by atoms with Crippen LogP contribution >= 0.6 is 0 Å². The first-order valence-corrected chi connectivity index (χ1v) is 5.87. The first-order valence-electron chi connectivity index (χ1n) is 5.87. The van der Waals surface area contributed by atoms with Crippen molar-refractivity contribution in [2.75, 3.05) is 20.3 Å². The summed E-state index contributed by atoms with van der Waals surface area (Å²) < 4.78 is 11.1. The Balaban J connectivity index is 2.76. The van der Waals surface area contributed by atoms with E-state index in [2.05, 4.69) is 5.32 Å². The van der Waals surface area contributed by atoms with Gasteiger partial charge in [-0.15, -0.1) is 0 Å². The van der Waals surface area contributed by atoms with E-state index in [4.69, 9.17) is 15.2 Å². The van der Waals surface area contributed by atoms with Gasteiger partial charge in [0, 0.05) is 0 Å². The van der Waals surface area contributed by atoms with Crippen molar-refractivity contribution in [1.82, 2.24) is 5.32 Å². The number of carbonyl (C=O) groups excluding carboxylic acids is 1. The van der Waals surface area contributed by atoms with Crippen LogP contribution in [0.25, 0.3) is 0 Å². The third-order valence-corrected chi connectivity index (χ3v) is 2.76. The lowest BCUT2D eigenvalue weighted by Crippen LogP contribution is -2.55. The van der Waals surface area contributed by atoms with Gasteiger partial charge in [-0.3, -0.25) is 4.79 Å².